The summed E-state index contributed by atoms with van der Waals surface area (Å²) in [6.45, 7) is -0.654. The molecule has 4 aromatic rings. The number of anilines is 2. The van der Waals surface area contributed by atoms with Crippen molar-refractivity contribution in [1.29, 1.82) is 0 Å². The van der Waals surface area contributed by atoms with Gasteiger partial charge in [-0.05, 0) is 78.6 Å². The van der Waals surface area contributed by atoms with Crippen LogP contribution in [-0.4, -0.2) is 63.9 Å². The highest BCUT2D eigenvalue weighted by molar-refractivity contribution is 7.89. The minimum Gasteiger partial charge on any atom is -0.406 e. The maximum Gasteiger partial charge on any atom is 0.573 e. The number of hydrogen-bond donors (Lipinski definition) is 2. The summed E-state index contributed by atoms with van der Waals surface area (Å²) < 4.78 is 101. The van der Waals surface area contributed by atoms with E-state index in [-0.39, 0.29) is 16.5 Å². The molecule has 2 N–H and O–H groups in total. The van der Waals surface area contributed by atoms with Gasteiger partial charge in [0.2, 0.25) is 20.0 Å². The van der Waals surface area contributed by atoms with Crippen LogP contribution in [0, 0.1) is 0 Å². The number of aryl methyl sites for hydroxylation is 2. The Kier molecular flexibility index (Phi) is 9.02. The van der Waals surface area contributed by atoms with E-state index in [4.69, 9.17) is 11.6 Å². The van der Waals surface area contributed by atoms with E-state index in [0.717, 1.165) is 51.1 Å². The van der Waals surface area contributed by atoms with Crippen LogP contribution in [0.2, 0.25) is 5.02 Å². The summed E-state index contributed by atoms with van der Waals surface area (Å²) in [5.74, 6) is -0.619. The van der Waals surface area contributed by atoms with Crippen LogP contribution >= 0.6 is 11.6 Å². The first-order valence-corrected chi connectivity index (χ1v) is 17.8. The average molecular weight is 708 g/mol. The molecule has 0 aromatic heterocycles. The Morgan fingerprint density at radius 1 is 0.787 bits per heavy atom. The van der Waals surface area contributed by atoms with Crippen LogP contribution < -0.4 is 14.4 Å². The molecule has 0 spiro atoms. The van der Waals surface area contributed by atoms with Crippen molar-refractivity contribution < 1.29 is 39.9 Å². The predicted octanol–water partition coefficient (Wildman–Crippen LogP) is 5.26. The Morgan fingerprint density at radius 3 is 1.96 bits per heavy atom. The summed E-state index contributed by atoms with van der Waals surface area (Å²) in [4.78, 5) is 1.35. The molecule has 9 nitrogen and oxygen atoms in total. The molecule has 6 rings (SSSR count). The summed E-state index contributed by atoms with van der Waals surface area (Å²) in [6.07, 6.45) is -5.05. The lowest BCUT2D eigenvalue weighted by molar-refractivity contribution is -0.274. The fraction of sp³-hybridized carbons (Fsp3) is 0.250. The molecule has 47 heavy (non-hydrogen) atoms. The summed E-state index contributed by atoms with van der Waals surface area (Å²) in [5.41, 5.74) is 3.41. The van der Waals surface area contributed by atoms with Gasteiger partial charge in [-0.3, -0.25) is 0 Å². The number of benzene rings is 4. The molecule has 248 valence electrons. The van der Waals surface area contributed by atoms with Crippen LogP contribution in [0.3, 0.4) is 0 Å². The number of ether oxygens (including phenoxy) is 1. The molecule has 0 aliphatic carbocycles. The highest BCUT2D eigenvalue weighted by Crippen LogP contribution is 2.40. The van der Waals surface area contributed by atoms with E-state index in [1.807, 2.05) is 53.4 Å². The lowest BCUT2D eigenvalue weighted by Gasteiger charge is -2.46. The van der Waals surface area contributed by atoms with Crippen molar-refractivity contribution in [3.8, 4) is 5.75 Å². The van der Waals surface area contributed by atoms with Crippen LogP contribution in [0.1, 0.15) is 11.1 Å². The van der Waals surface area contributed by atoms with Crippen molar-refractivity contribution in [3.63, 3.8) is 0 Å². The van der Waals surface area contributed by atoms with E-state index < -0.39 is 61.8 Å². The van der Waals surface area contributed by atoms with Gasteiger partial charge in [-0.1, -0.05) is 54.1 Å². The maximum absolute atomic E-state index is 14.1. The van der Waals surface area contributed by atoms with Crippen LogP contribution in [-0.2, 0) is 32.9 Å². The number of hydrogen-bond acceptors (Lipinski definition) is 7. The number of fused-ring (bicyclic) bond motifs is 2. The molecule has 0 unspecified atom stereocenters. The summed E-state index contributed by atoms with van der Waals surface area (Å²) >= 11 is 6.13. The number of nitrogens with one attached hydrogen (secondary N) is 1. The van der Waals surface area contributed by atoms with Crippen molar-refractivity contribution in [2.45, 2.75) is 47.2 Å². The number of nitrogens with zero attached hydrogens (tertiary/aromatic N) is 2. The van der Waals surface area contributed by atoms with E-state index in [2.05, 4.69) is 9.46 Å². The van der Waals surface area contributed by atoms with Crippen molar-refractivity contribution >= 4 is 43.0 Å². The van der Waals surface area contributed by atoms with Crippen LogP contribution in [0.5, 0.6) is 5.75 Å². The fourth-order valence-electron chi connectivity index (χ4n) is 6.06. The zero-order chi connectivity index (χ0) is 33.6. The van der Waals surface area contributed by atoms with Crippen molar-refractivity contribution in [2.75, 3.05) is 18.0 Å². The first-order valence-electron chi connectivity index (χ1n) is 14.5. The third-order valence-electron chi connectivity index (χ3n) is 8.20. The predicted molar refractivity (Wildman–Crippen MR) is 170 cm³/mol. The van der Waals surface area contributed by atoms with Gasteiger partial charge in [0.05, 0.1) is 28.0 Å². The van der Waals surface area contributed by atoms with E-state index in [1.54, 1.807) is 0 Å². The number of rotatable bonds is 7. The first-order chi connectivity index (χ1) is 22.2. The molecule has 2 heterocycles. The van der Waals surface area contributed by atoms with E-state index in [1.165, 1.54) is 24.3 Å². The number of sulfonamides is 2. The minimum atomic E-state index is -4.97. The monoisotopic (exact) mass is 707 g/mol. The van der Waals surface area contributed by atoms with Crippen LogP contribution in [0.4, 0.5) is 24.5 Å². The number of aliphatic hydroxyl groups excluding tert-OH is 1. The maximum atomic E-state index is 14.1. The Balaban J connectivity index is 1.42. The highest BCUT2D eigenvalue weighted by atomic mass is 35.5. The van der Waals surface area contributed by atoms with E-state index in [9.17, 15) is 35.1 Å². The van der Waals surface area contributed by atoms with Crippen LogP contribution in [0.25, 0.3) is 0 Å². The Labute approximate surface area is 275 Å². The SMILES string of the molecule is O=S(=O)(N[C@@H]1CN(S(=O)(=O)c2cccc(Cl)c2)C[C@H](N2c3ccccc3CCc3ccccc32)[C@H]1O)c1ccc(OC(F)(F)F)cc1. The summed E-state index contributed by atoms with van der Waals surface area (Å²) in [7, 11) is -8.75. The zero-order valence-corrected chi connectivity index (χ0v) is 26.9. The quantitative estimate of drug-likeness (QED) is 0.270. The van der Waals surface area contributed by atoms with E-state index in [0.29, 0.717) is 12.8 Å². The largest absolute Gasteiger partial charge is 0.573 e. The normalized spacial score (nSPS) is 20.6. The second kappa shape index (κ2) is 12.7. The molecular formula is C32H29ClF3N3O6S2. The number of halogens is 4. The number of aliphatic hydroxyl groups is 1. The Bertz CT molecular complexity index is 1950. The molecule has 2 aliphatic heterocycles. The van der Waals surface area contributed by atoms with Gasteiger partial charge in [0.25, 0.3) is 0 Å². The number of alkyl halides is 3. The topological polar surface area (TPSA) is 116 Å². The molecule has 3 atom stereocenters. The molecule has 0 bridgehead atoms. The standard InChI is InChI=1S/C32H29ClF3N3O6S2/c33-23-8-5-9-26(18-23)47(43,44)38-19-27(37-46(41,42)25-16-14-24(15-17-25)45-32(34,35)36)31(40)30(20-38)39-28-10-3-1-6-21(28)12-13-22-7-2-4-11-29(22)39/h1-11,14-18,27,30-31,37,40H,12-13,19-20H2/t27-,30+,31+/m1/s1. The number of piperidine rings is 1. The molecule has 1 saturated heterocycles. The van der Waals surface area contributed by atoms with Gasteiger partial charge in [0.15, 0.2) is 0 Å². The molecule has 2 aliphatic rings. The average Bonchev–Trinajstić information content (AvgIpc) is 3.18. The number of para-hydroxylation sites is 2. The minimum absolute atomic E-state index is 0.112. The molecule has 0 radical (unpaired) electrons. The Morgan fingerprint density at radius 2 is 1.38 bits per heavy atom. The molecule has 1 fully saturated rings. The molecule has 15 heteroatoms. The van der Waals surface area contributed by atoms with Crippen molar-refractivity contribution in [2.24, 2.45) is 0 Å². The summed E-state index contributed by atoms with van der Waals surface area (Å²) in [6, 6.07) is 22.0. The zero-order valence-electron chi connectivity index (χ0n) is 24.5. The first kappa shape index (κ1) is 33.2. The van der Waals surface area contributed by atoms with Gasteiger partial charge >= 0.3 is 6.36 Å². The summed E-state index contributed by atoms with van der Waals surface area (Å²) in [5, 5.41) is 12.1. The van der Waals surface area contributed by atoms with E-state index >= 15 is 0 Å². The van der Waals surface area contributed by atoms with Gasteiger partial charge in [-0.2, -0.15) is 4.31 Å². The lowest BCUT2D eigenvalue weighted by Crippen LogP contribution is -2.65. The van der Waals surface area contributed by atoms with Gasteiger partial charge in [0, 0.05) is 29.5 Å². The van der Waals surface area contributed by atoms with Gasteiger partial charge in [-0.25, -0.2) is 21.6 Å². The second-order valence-electron chi connectivity index (χ2n) is 11.2. The molecule has 0 saturated carbocycles. The second-order valence-corrected chi connectivity index (χ2v) is 15.3. The lowest BCUT2D eigenvalue weighted by atomic mass is 9.96. The molecular weight excluding hydrogens is 679 g/mol. The van der Waals surface area contributed by atoms with Gasteiger partial charge in [0.1, 0.15) is 5.75 Å². The fourth-order valence-corrected chi connectivity index (χ4v) is 9.09. The van der Waals surface area contributed by atoms with Crippen molar-refractivity contribution in [1.82, 2.24) is 9.03 Å². The smallest absolute Gasteiger partial charge is 0.406 e. The van der Waals surface area contributed by atoms with Gasteiger partial charge in [-0.15, -0.1) is 13.2 Å². The third-order valence-corrected chi connectivity index (χ3v) is 11.8. The van der Waals surface area contributed by atoms with Gasteiger partial charge < -0.3 is 14.7 Å². The van der Waals surface area contributed by atoms with Crippen LogP contribution in [0.15, 0.2) is 107 Å². The molecule has 4 aromatic carbocycles. The third kappa shape index (κ3) is 6.98. The Hall–Kier alpha value is -3.66. The van der Waals surface area contributed by atoms with Crippen molar-refractivity contribution in [3.05, 3.63) is 113 Å². The molecule has 0 amide bonds. The highest BCUT2D eigenvalue weighted by Gasteiger charge is 2.46.